The maximum absolute atomic E-state index is 2.35. The molecular formula is C28H22. The first-order valence-corrected chi connectivity index (χ1v) is 9.80. The summed E-state index contributed by atoms with van der Waals surface area (Å²) in [7, 11) is 0. The second kappa shape index (κ2) is 6.65. The summed E-state index contributed by atoms with van der Waals surface area (Å²) >= 11 is 0. The van der Waals surface area contributed by atoms with Gasteiger partial charge in [0.05, 0.1) is 0 Å². The summed E-state index contributed by atoms with van der Waals surface area (Å²) in [4.78, 5) is 0. The highest BCUT2D eigenvalue weighted by Gasteiger charge is 2.17. The van der Waals surface area contributed by atoms with Crippen molar-refractivity contribution < 1.29 is 0 Å². The number of hydrogen-bond donors (Lipinski definition) is 0. The Bertz CT molecular complexity index is 1300. The molecule has 0 saturated heterocycles. The highest BCUT2D eigenvalue weighted by Crippen LogP contribution is 2.44. The average molecular weight is 358 g/mol. The monoisotopic (exact) mass is 358 g/mol. The Hall–Kier alpha value is -3.38. The van der Waals surface area contributed by atoms with E-state index in [2.05, 4.69) is 111 Å². The van der Waals surface area contributed by atoms with E-state index in [1.54, 1.807) is 0 Å². The predicted octanol–water partition coefficient (Wildman–Crippen LogP) is 7.94. The zero-order chi connectivity index (χ0) is 19.1. The lowest BCUT2D eigenvalue weighted by Gasteiger charge is -2.19. The molecule has 0 amide bonds. The van der Waals surface area contributed by atoms with Gasteiger partial charge in [-0.25, -0.2) is 0 Å². The summed E-state index contributed by atoms with van der Waals surface area (Å²) < 4.78 is 0. The quantitative estimate of drug-likeness (QED) is 0.281. The van der Waals surface area contributed by atoms with Gasteiger partial charge in [0.1, 0.15) is 0 Å². The number of fused-ring (bicyclic) bond motifs is 2. The molecule has 5 aromatic rings. The summed E-state index contributed by atoms with van der Waals surface area (Å²) in [5.41, 5.74) is 7.85. The smallest absolute Gasteiger partial charge is 0.00237 e. The van der Waals surface area contributed by atoms with E-state index in [9.17, 15) is 0 Å². The molecule has 0 unspecified atom stereocenters. The van der Waals surface area contributed by atoms with Gasteiger partial charge in [-0.05, 0) is 63.2 Å². The van der Waals surface area contributed by atoms with Crippen LogP contribution >= 0.6 is 0 Å². The first-order chi connectivity index (χ1) is 13.7. The molecule has 0 spiro atoms. The van der Waals surface area contributed by atoms with Crippen LogP contribution in [0.1, 0.15) is 11.1 Å². The fourth-order valence-electron chi connectivity index (χ4n) is 4.52. The van der Waals surface area contributed by atoms with Crippen molar-refractivity contribution >= 4 is 21.5 Å². The van der Waals surface area contributed by atoms with Gasteiger partial charge in [0.15, 0.2) is 0 Å². The fraction of sp³-hybridized carbons (Fsp3) is 0.0714. The van der Waals surface area contributed by atoms with Crippen LogP contribution in [0.4, 0.5) is 0 Å². The van der Waals surface area contributed by atoms with Gasteiger partial charge in [0.25, 0.3) is 0 Å². The van der Waals surface area contributed by atoms with E-state index in [1.807, 2.05) is 0 Å². The number of rotatable bonds is 2. The Morgan fingerprint density at radius 3 is 1.57 bits per heavy atom. The number of hydrogen-bond acceptors (Lipinski definition) is 0. The molecule has 0 radical (unpaired) electrons. The zero-order valence-electron chi connectivity index (χ0n) is 16.2. The standard InChI is InChI=1S/C28H22/c1-19-17-20(2)26-25(18-19)27(21-11-5-3-6-12-21)23-15-9-10-16-24(23)28(26)22-13-7-4-8-14-22/h3-18H,1-2H3. The van der Waals surface area contributed by atoms with Gasteiger partial charge in [-0.15, -0.1) is 0 Å². The average Bonchev–Trinajstić information content (AvgIpc) is 2.73. The van der Waals surface area contributed by atoms with E-state index in [4.69, 9.17) is 0 Å². The maximum atomic E-state index is 2.35. The third-order valence-corrected chi connectivity index (χ3v) is 5.59. The van der Waals surface area contributed by atoms with Gasteiger partial charge in [0, 0.05) is 0 Å². The summed E-state index contributed by atoms with van der Waals surface area (Å²) in [6, 6.07) is 35.1. The topological polar surface area (TPSA) is 0 Å². The van der Waals surface area contributed by atoms with Gasteiger partial charge >= 0.3 is 0 Å². The molecule has 5 aromatic carbocycles. The molecule has 0 saturated carbocycles. The van der Waals surface area contributed by atoms with Crippen molar-refractivity contribution in [3.63, 3.8) is 0 Å². The Morgan fingerprint density at radius 2 is 0.964 bits per heavy atom. The molecule has 134 valence electrons. The van der Waals surface area contributed by atoms with Crippen molar-refractivity contribution in [3.05, 3.63) is 108 Å². The number of benzene rings is 5. The van der Waals surface area contributed by atoms with Gasteiger partial charge in [-0.2, -0.15) is 0 Å². The van der Waals surface area contributed by atoms with Crippen LogP contribution in [0.25, 0.3) is 43.8 Å². The minimum atomic E-state index is 1.27. The van der Waals surface area contributed by atoms with E-state index in [-0.39, 0.29) is 0 Å². The minimum absolute atomic E-state index is 1.27. The van der Waals surface area contributed by atoms with Crippen molar-refractivity contribution in [1.29, 1.82) is 0 Å². The first kappa shape index (κ1) is 16.8. The fourth-order valence-corrected chi connectivity index (χ4v) is 4.52. The molecule has 0 bridgehead atoms. The van der Waals surface area contributed by atoms with E-state index in [1.165, 1.54) is 54.9 Å². The van der Waals surface area contributed by atoms with Crippen molar-refractivity contribution in [2.45, 2.75) is 13.8 Å². The summed E-state index contributed by atoms with van der Waals surface area (Å²) in [5.74, 6) is 0. The van der Waals surface area contributed by atoms with E-state index in [0.717, 1.165) is 0 Å². The third kappa shape index (κ3) is 2.61. The molecule has 0 atom stereocenters. The normalized spacial score (nSPS) is 11.2. The van der Waals surface area contributed by atoms with Crippen molar-refractivity contribution in [1.82, 2.24) is 0 Å². The van der Waals surface area contributed by atoms with E-state index in [0.29, 0.717) is 0 Å². The molecule has 28 heavy (non-hydrogen) atoms. The zero-order valence-corrected chi connectivity index (χ0v) is 16.2. The largest absolute Gasteiger partial charge is 0.0622 e. The van der Waals surface area contributed by atoms with Crippen LogP contribution in [0.15, 0.2) is 97.1 Å². The summed E-state index contributed by atoms with van der Waals surface area (Å²) in [6.07, 6.45) is 0. The van der Waals surface area contributed by atoms with Crippen LogP contribution in [0.3, 0.4) is 0 Å². The predicted molar refractivity (Wildman–Crippen MR) is 122 cm³/mol. The van der Waals surface area contributed by atoms with Crippen LogP contribution < -0.4 is 0 Å². The molecule has 0 nitrogen and oxygen atoms in total. The van der Waals surface area contributed by atoms with E-state index >= 15 is 0 Å². The Labute approximate surface area is 166 Å². The molecule has 0 aromatic heterocycles. The van der Waals surface area contributed by atoms with Gasteiger partial charge in [0.2, 0.25) is 0 Å². The maximum Gasteiger partial charge on any atom is -0.00237 e. The van der Waals surface area contributed by atoms with E-state index < -0.39 is 0 Å². The van der Waals surface area contributed by atoms with Gasteiger partial charge < -0.3 is 0 Å². The van der Waals surface area contributed by atoms with Crippen molar-refractivity contribution in [2.75, 3.05) is 0 Å². The van der Waals surface area contributed by atoms with Gasteiger partial charge in [-0.1, -0.05) is 103 Å². The lowest BCUT2D eigenvalue weighted by molar-refractivity contribution is 1.43. The lowest BCUT2D eigenvalue weighted by Crippen LogP contribution is -1.93. The minimum Gasteiger partial charge on any atom is -0.0622 e. The molecule has 0 N–H and O–H groups in total. The highest BCUT2D eigenvalue weighted by atomic mass is 14.2. The summed E-state index contributed by atoms with van der Waals surface area (Å²) in [5, 5.41) is 5.31. The SMILES string of the molecule is Cc1cc(C)c2c(-c3ccccc3)c3ccccc3c(-c3ccccc3)c2c1. The second-order valence-corrected chi connectivity index (χ2v) is 7.53. The second-order valence-electron chi connectivity index (χ2n) is 7.53. The van der Waals surface area contributed by atoms with Crippen molar-refractivity contribution in [2.24, 2.45) is 0 Å². The molecule has 0 aliphatic heterocycles. The van der Waals surface area contributed by atoms with Crippen LogP contribution in [0.5, 0.6) is 0 Å². The van der Waals surface area contributed by atoms with Gasteiger partial charge in [-0.3, -0.25) is 0 Å². The first-order valence-electron chi connectivity index (χ1n) is 9.80. The molecule has 0 heterocycles. The Balaban J connectivity index is 2.08. The molecule has 5 rings (SSSR count). The molecule has 0 aliphatic rings. The Morgan fingerprint density at radius 1 is 0.464 bits per heavy atom. The molecular weight excluding hydrogens is 336 g/mol. The number of aryl methyl sites for hydroxylation is 2. The van der Waals surface area contributed by atoms with Crippen LogP contribution in [0.2, 0.25) is 0 Å². The van der Waals surface area contributed by atoms with Crippen LogP contribution in [0, 0.1) is 13.8 Å². The lowest BCUT2D eigenvalue weighted by atomic mass is 9.84. The highest BCUT2D eigenvalue weighted by molar-refractivity contribution is 6.22. The Kier molecular flexibility index (Phi) is 3.98. The van der Waals surface area contributed by atoms with Crippen molar-refractivity contribution in [3.8, 4) is 22.3 Å². The molecule has 0 heteroatoms. The summed E-state index contributed by atoms with van der Waals surface area (Å²) in [6.45, 7) is 4.43. The van der Waals surface area contributed by atoms with Crippen LogP contribution in [-0.2, 0) is 0 Å². The molecule has 0 aliphatic carbocycles. The molecule has 0 fully saturated rings. The third-order valence-electron chi connectivity index (χ3n) is 5.59. The van der Waals surface area contributed by atoms with Crippen LogP contribution in [-0.4, -0.2) is 0 Å².